The molecule has 2 aromatic heterocycles. The highest BCUT2D eigenvalue weighted by Crippen LogP contribution is 2.26. The van der Waals surface area contributed by atoms with Crippen LogP contribution in [0.5, 0.6) is 0 Å². The highest BCUT2D eigenvalue weighted by atomic mass is 16.1. The van der Waals surface area contributed by atoms with Gasteiger partial charge in [-0.05, 0) is 41.0 Å². The Bertz CT molecular complexity index is 1250. The van der Waals surface area contributed by atoms with Crippen molar-refractivity contribution >= 4 is 0 Å². The van der Waals surface area contributed by atoms with Crippen LogP contribution in [0.1, 0.15) is 44.4 Å². The van der Waals surface area contributed by atoms with Crippen molar-refractivity contribution in [3.8, 4) is 16.8 Å². The van der Waals surface area contributed by atoms with E-state index in [-0.39, 0.29) is 5.69 Å². The standard InChI is InChI=1S/C26H30N6O/c1-3-5-9-17-30-19-23(10-6-4-2)31(26(30)33)18-21-13-15-22(16-14-21)24-11-7-8-12-25(24)32-20-27-28-29-32/h4,6-8,11-16,19-20H,3,5,9-10,17-18H2,1-2H3. The van der Waals surface area contributed by atoms with Crippen LogP contribution in [-0.2, 0) is 19.5 Å². The Morgan fingerprint density at radius 2 is 1.85 bits per heavy atom. The highest BCUT2D eigenvalue weighted by molar-refractivity contribution is 5.72. The van der Waals surface area contributed by atoms with Gasteiger partial charge in [-0.2, -0.15) is 4.68 Å². The van der Waals surface area contributed by atoms with E-state index in [1.807, 2.05) is 46.5 Å². The maximum atomic E-state index is 13.1. The van der Waals surface area contributed by atoms with Crippen molar-refractivity contribution in [1.29, 1.82) is 0 Å². The first-order chi connectivity index (χ1) is 16.2. The van der Waals surface area contributed by atoms with E-state index in [0.717, 1.165) is 60.3 Å². The highest BCUT2D eigenvalue weighted by Gasteiger charge is 2.12. The van der Waals surface area contributed by atoms with Crippen molar-refractivity contribution in [2.45, 2.75) is 52.6 Å². The molecule has 2 heterocycles. The second-order valence-corrected chi connectivity index (χ2v) is 8.13. The van der Waals surface area contributed by atoms with Gasteiger partial charge in [0.15, 0.2) is 0 Å². The molecule has 2 aromatic carbocycles. The third-order valence-electron chi connectivity index (χ3n) is 5.80. The fourth-order valence-electron chi connectivity index (χ4n) is 4.01. The summed E-state index contributed by atoms with van der Waals surface area (Å²) in [7, 11) is 0. The van der Waals surface area contributed by atoms with E-state index in [1.165, 1.54) is 0 Å². The van der Waals surface area contributed by atoms with E-state index in [1.54, 1.807) is 11.0 Å². The minimum Gasteiger partial charge on any atom is -0.299 e. The minimum absolute atomic E-state index is 0.0683. The van der Waals surface area contributed by atoms with Crippen LogP contribution in [0.3, 0.4) is 0 Å². The fourth-order valence-corrected chi connectivity index (χ4v) is 4.01. The molecule has 33 heavy (non-hydrogen) atoms. The molecule has 0 spiro atoms. The molecule has 0 saturated carbocycles. The van der Waals surface area contributed by atoms with Crippen LogP contribution < -0.4 is 5.69 Å². The maximum absolute atomic E-state index is 13.1. The number of rotatable bonds is 10. The van der Waals surface area contributed by atoms with Gasteiger partial charge in [0.2, 0.25) is 0 Å². The van der Waals surface area contributed by atoms with E-state index in [0.29, 0.717) is 6.54 Å². The molecule has 0 aliphatic rings. The van der Waals surface area contributed by atoms with Crippen molar-refractivity contribution in [2.24, 2.45) is 0 Å². The van der Waals surface area contributed by atoms with Gasteiger partial charge in [0.05, 0.1) is 12.2 Å². The van der Waals surface area contributed by atoms with Crippen LogP contribution in [0.2, 0.25) is 0 Å². The quantitative estimate of drug-likeness (QED) is 0.265. The van der Waals surface area contributed by atoms with Crippen LogP contribution in [0.15, 0.2) is 78.0 Å². The summed E-state index contributed by atoms with van der Waals surface area (Å²) >= 11 is 0. The number of imidazole rings is 1. The Hall–Kier alpha value is -3.74. The summed E-state index contributed by atoms with van der Waals surface area (Å²) in [6.07, 6.45) is 11.8. The van der Waals surface area contributed by atoms with E-state index in [4.69, 9.17) is 0 Å². The second kappa shape index (κ2) is 10.7. The van der Waals surface area contributed by atoms with E-state index < -0.39 is 0 Å². The van der Waals surface area contributed by atoms with Gasteiger partial charge in [0, 0.05) is 30.4 Å². The summed E-state index contributed by atoms with van der Waals surface area (Å²) in [6.45, 7) is 5.51. The minimum atomic E-state index is 0.0683. The number of hydrogen-bond donors (Lipinski definition) is 0. The molecule has 0 radical (unpaired) electrons. The molecule has 170 valence electrons. The summed E-state index contributed by atoms with van der Waals surface area (Å²) in [6, 6.07) is 16.4. The van der Waals surface area contributed by atoms with Crippen LogP contribution in [-0.4, -0.2) is 29.3 Å². The van der Waals surface area contributed by atoms with E-state index >= 15 is 0 Å². The van der Waals surface area contributed by atoms with Gasteiger partial charge >= 0.3 is 5.69 Å². The molecule has 0 bridgehead atoms. The molecule has 0 atom stereocenters. The average Bonchev–Trinajstić information content (AvgIpc) is 3.48. The predicted octanol–water partition coefficient (Wildman–Crippen LogP) is 4.65. The Kier molecular flexibility index (Phi) is 7.29. The van der Waals surface area contributed by atoms with E-state index in [2.05, 4.69) is 58.9 Å². The first-order valence-corrected chi connectivity index (χ1v) is 11.5. The molecule has 0 N–H and O–H groups in total. The lowest BCUT2D eigenvalue weighted by atomic mass is 10.0. The van der Waals surface area contributed by atoms with Crippen LogP contribution >= 0.6 is 0 Å². The largest absolute Gasteiger partial charge is 0.328 e. The predicted molar refractivity (Wildman–Crippen MR) is 130 cm³/mol. The van der Waals surface area contributed by atoms with Crippen molar-refractivity contribution in [3.05, 3.63) is 94.9 Å². The Labute approximate surface area is 194 Å². The van der Waals surface area contributed by atoms with Gasteiger partial charge in [-0.1, -0.05) is 74.4 Å². The number of benzene rings is 2. The van der Waals surface area contributed by atoms with Crippen molar-refractivity contribution in [3.63, 3.8) is 0 Å². The zero-order valence-electron chi connectivity index (χ0n) is 19.3. The van der Waals surface area contributed by atoms with Crippen LogP contribution in [0.4, 0.5) is 0 Å². The third kappa shape index (κ3) is 5.19. The first kappa shape index (κ1) is 22.5. The normalized spacial score (nSPS) is 11.5. The first-order valence-electron chi connectivity index (χ1n) is 11.5. The molecule has 7 nitrogen and oxygen atoms in total. The third-order valence-corrected chi connectivity index (χ3v) is 5.80. The van der Waals surface area contributed by atoms with Gasteiger partial charge < -0.3 is 0 Å². The Morgan fingerprint density at radius 3 is 2.58 bits per heavy atom. The number of tetrazole rings is 1. The molecule has 0 aliphatic carbocycles. The molecule has 0 saturated heterocycles. The molecule has 0 aliphatic heterocycles. The lowest BCUT2D eigenvalue weighted by Crippen LogP contribution is -2.25. The summed E-state index contributed by atoms with van der Waals surface area (Å²) < 4.78 is 5.43. The van der Waals surface area contributed by atoms with Crippen LogP contribution in [0, 0.1) is 0 Å². The lowest BCUT2D eigenvalue weighted by Gasteiger charge is -2.10. The van der Waals surface area contributed by atoms with Gasteiger partial charge in [-0.15, -0.1) is 5.10 Å². The Balaban J connectivity index is 1.59. The smallest absolute Gasteiger partial charge is 0.299 e. The topological polar surface area (TPSA) is 70.5 Å². The molecule has 0 fully saturated rings. The lowest BCUT2D eigenvalue weighted by molar-refractivity contribution is 0.573. The number of nitrogens with zero attached hydrogens (tertiary/aromatic N) is 6. The number of allylic oxidation sites excluding steroid dienone is 2. The van der Waals surface area contributed by atoms with Gasteiger partial charge in [0.25, 0.3) is 0 Å². The summed E-state index contributed by atoms with van der Waals surface area (Å²) in [5.41, 5.74) is 5.24. The number of para-hydroxylation sites is 1. The van der Waals surface area contributed by atoms with Crippen molar-refractivity contribution < 1.29 is 0 Å². The number of aryl methyl sites for hydroxylation is 1. The van der Waals surface area contributed by atoms with Gasteiger partial charge in [-0.25, -0.2) is 4.79 Å². The van der Waals surface area contributed by atoms with E-state index in [9.17, 15) is 4.79 Å². The fraction of sp³-hybridized carbons (Fsp3) is 0.308. The van der Waals surface area contributed by atoms with Gasteiger partial charge in [-0.3, -0.25) is 9.13 Å². The maximum Gasteiger partial charge on any atom is 0.328 e. The average molecular weight is 443 g/mol. The zero-order valence-corrected chi connectivity index (χ0v) is 19.3. The number of aromatic nitrogens is 6. The van der Waals surface area contributed by atoms with Crippen molar-refractivity contribution in [1.82, 2.24) is 29.3 Å². The Morgan fingerprint density at radius 1 is 1.03 bits per heavy atom. The summed E-state index contributed by atoms with van der Waals surface area (Å²) in [5, 5.41) is 11.5. The molecule has 4 aromatic rings. The van der Waals surface area contributed by atoms with Crippen LogP contribution in [0.25, 0.3) is 16.8 Å². The molecule has 7 heteroatoms. The molecular formula is C26H30N6O. The number of hydrogen-bond acceptors (Lipinski definition) is 4. The molecular weight excluding hydrogens is 412 g/mol. The monoisotopic (exact) mass is 442 g/mol. The zero-order chi connectivity index (χ0) is 23.0. The number of unbranched alkanes of at least 4 members (excludes halogenated alkanes) is 2. The van der Waals surface area contributed by atoms with Gasteiger partial charge in [0.1, 0.15) is 6.33 Å². The molecule has 0 amide bonds. The SMILES string of the molecule is CC=CCc1cn(CCCCC)c(=O)n1Cc1ccc(-c2ccccc2-n2cnnn2)cc1. The summed E-state index contributed by atoms with van der Waals surface area (Å²) in [5.74, 6) is 0. The second-order valence-electron chi connectivity index (χ2n) is 8.13. The molecule has 4 rings (SSSR count). The molecule has 0 unspecified atom stereocenters. The summed E-state index contributed by atoms with van der Waals surface area (Å²) in [4.78, 5) is 13.1. The van der Waals surface area contributed by atoms with Crippen molar-refractivity contribution in [2.75, 3.05) is 0 Å².